The Morgan fingerprint density at radius 1 is 0.652 bits per heavy atom. The standard InChI is InChI=1S/C44H37NO/c1-3-5-18-40-42(22-6-4-2)46-43-23-13-21-41(44(40)43)45(36-28-24-33(25-29-36)32-14-8-7-9-15-32)37-30-26-35(27-31-37)39-20-12-17-34-16-10-11-19-38(34)39/h4,6-17,19-31H,2-3,5,18H2,1H3/b22-6-. The number of rotatable bonds is 10. The number of allylic oxidation sites excluding steroid dienone is 2. The first-order chi connectivity index (χ1) is 22.7. The molecular weight excluding hydrogens is 558 g/mol. The number of hydrogen-bond donors (Lipinski definition) is 0. The minimum absolute atomic E-state index is 0.894. The molecule has 0 radical (unpaired) electrons. The van der Waals surface area contributed by atoms with E-state index in [0.717, 1.165) is 53.1 Å². The summed E-state index contributed by atoms with van der Waals surface area (Å²) >= 11 is 0. The van der Waals surface area contributed by atoms with Crippen molar-refractivity contribution in [3.63, 3.8) is 0 Å². The second kappa shape index (κ2) is 13.2. The number of aryl methyl sites for hydroxylation is 1. The second-order valence-electron chi connectivity index (χ2n) is 11.6. The van der Waals surface area contributed by atoms with E-state index in [1.54, 1.807) is 6.08 Å². The summed E-state index contributed by atoms with van der Waals surface area (Å²) in [6.45, 7) is 6.12. The van der Waals surface area contributed by atoms with Gasteiger partial charge in [-0.2, -0.15) is 0 Å². The van der Waals surface area contributed by atoms with E-state index in [4.69, 9.17) is 4.42 Å². The molecule has 46 heavy (non-hydrogen) atoms. The van der Waals surface area contributed by atoms with Crippen LogP contribution in [0.1, 0.15) is 31.1 Å². The van der Waals surface area contributed by atoms with E-state index in [1.807, 2.05) is 12.2 Å². The van der Waals surface area contributed by atoms with Gasteiger partial charge in [0.15, 0.2) is 0 Å². The van der Waals surface area contributed by atoms with Crippen LogP contribution in [0.2, 0.25) is 0 Å². The summed E-state index contributed by atoms with van der Waals surface area (Å²) in [6.07, 6.45) is 8.94. The van der Waals surface area contributed by atoms with Crippen molar-refractivity contribution >= 4 is 44.9 Å². The molecule has 0 saturated heterocycles. The summed E-state index contributed by atoms with van der Waals surface area (Å²) in [6, 6.07) is 49.9. The first kappa shape index (κ1) is 29.1. The monoisotopic (exact) mass is 595 g/mol. The van der Waals surface area contributed by atoms with E-state index in [1.165, 1.54) is 38.6 Å². The molecule has 0 saturated carbocycles. The van der Waals surface area contributed by atoms with Crippen LogP contribution in [0.5, 0.6) is 0 Å². The van der Waals surface area contributed by atoms with Crippen molar-refractivity contribution in [2.45, 2.75) is 26.2 Å². The average Bonchev–Trinajstić information content (AvgIpc) is 3.48. The summed E-state index contributed by atoms with van der Waals surface area (Å²) in [5.74, 6) is 0.904. The predicted molar refractivity (Wildman–Crippen MR) is 197 cm³/mol. The van der Waals surface area contributed by atoms with Crippen molar-refractivity contribution in [3.8, 4) is 22.3 Å². The van der Waals surface area contributed by atoms with Crippen LogP contribution in [0.4, 0.5) is 17.1 Å². The Labute approximate surface area is 271 Å². The minimum Gasteiger partial charge on any atom is -0.456 e. The van der Waals surface area contributed by atoms with Gasteiger partial charge in [-0.15, -0.1) is 0 Å². The van der Waals surface area contributed by atoms with E-state index in [9.17, 15) is 0 Å². The average molecular weight is 596 g/mol. The van der Waals surface area contributed by atoms with Crippen molar-refractivity contribution in [2.75, 3.05) is 4.90 Å². The number of anilines is 3. The lowest BCUT2D eigenvalue weighted by Crippen LogP contribution is -2.10. The fourth-order valence-corrected chi connectivity index (χ4v) is 6.42. The molecule has 0 N–H and O–H groups in total. The molecule has 0 aliphatic rings. The van der Waals surface area contributed by atoms with Gasteiger partial charge in [0.2, 0.25) is 0 Å². The molecule has 1 heterocycles. The first-order valence-electron chi connectivity index (χ1n) is 16.1. The lowest BCUT2D eigenvalue weighted by Gasteiger charge is -2.27. The van der Waals surface area contributed by atoms with Crippen molar-refractivity contribution < 1.29 is 4.42 Å². The van der Waals surface area contributed by atoms with Gasteiger partial charge in [0.05, 0.1) is 5.69 Å². The number of nitrogens with zero attached hydrogens (tertiary/aromatic N) is 1. The third-order valence-electron chi connectivity index (χ3n) is 8.69. The zero-order valence-corrected chi connectivity index (χ0v) is 26.2. The molecule has 0 fully saturated rings. The van der Waals surface area contributed by atoms with Crippen molar-refractivity contribution in [1.29, 1.82) is 0 Å². The topological polar surface area (TPSA) is 16.4 Å². The van der Waals surface area contributed by atoms with Gasteiger partial charge in [0.1, 0.15) is 11.3 Å². The molecule has 0 amide bonds. The molecule has 6 aromatic carbocycles. The first-order valence-corrected chi connectivity index (χ1v) is 16.1. The van der Waals surface area contributed by atoms with E-state index >= 15 is 0 Å². The number of furan rings is 1. The smallest absolute Gasteiger partial charge is 0.137 e. The fourth-order valence-electron chi connectivity index (χ4n) is 6.42. The van der Waals surface area contributed by atoms with Crippen LogP contribution in [-0.4, -0.2) is 0 Å². The molecule has 2 nitrogen and oxygen atoms in total. The molecule has 7 aromatic rings. The second-order valence-corrected chi connectivity index (χ2v) is 11.6. The maximum Gasteiger partial charge on any atom is 0.137 e. The van der Waals surface area contributed by atoms with Crippen molar-refractivity contribution in [1.82, 2.24) is 0 Å². The summed E-state index contributed by atoms with van der Waals surface area (Å²) in [5.41, 5.74) is 10.3. The zero-order valence-electron chi connectivity index (χ0n) is 26.2. The largest absolute Gasteiger partial charge is 0.456 e. The highest BCUT2D eigenvalue weighted by Gasteiger charge is 2.22. The number of unbranched alkanes of at least 4 members (excludes halogenated alkanes) is 1. The van der Waals surface area contributed by atoms with E-state index in [-0.39, 0.29) is 0 Å². The molecule has 7 rings (SSSR count). The van der Waals surface area contributed by atoms with Crippen LogP contribution in [0.3, 0.4) is 0 Å². The van der Waals surface area contributed by atoms with E-state index in [2.05, 4.69) is 158 Å². The zero-order chi connectivity index (χ0) is 31.3. The third-order valence-corrected chi connectivity index (χ3v) is 8.69. The molecule has 0 spiro atoms. The van der Waals surface area contributed by atoms with Crippen LogP contribution in [0.15, 0.2) is 163 Å². The molecule has 224 valence electrons. The highest BCUT2D eigenvalue weighted by molar-refractivity contribution is 6.01. The molecule has 0 aliphatic heterocycles. The maximum atomic E-state index is 6.49. The van der Waals surface area contributed by atoms with Gasteiger partial charge >= 0.3 is 0 Å². The van der Waals surface area contributed by atoms with Gasteiger partial charge in [-0.1, -0.05) is 135 Å². The van der Waals surface area contributed by atoms with E-state index < -0.39 is 0 Å². The van der Waals surface area contributed by atoms with Crippen LogP contribution < -0.4 is 4.90 Å². The minimum atomic E-state index is 0.894. The predicted octanol–water partition coefficient (Wildman–Crippen LogP) is 12.9. The molecule has 0 unspecified atom stereocenters. The highest BCUT2D eigenvalue weighted by Crippen LogP contribution is 2.43. The summed E-state index contributed by atoms with van der Waals surface area (Å²) in [5, 5.41) is 3.66. The number of hydrogen-bond acceptors (Lipinski definition) is 2. The van der Waals surface area contributed by atoms with Gasteiger partial charge in [0.25, 0.3) is 0 Å². The molecular formula is C44H37NO. The van der Waals surface area contributed by atoms with Gasteiger partial charge in [-0.25, -0.2) is 0 Å². The highest BCUT2D eigenvalue weighted by atomic mass is 16.3. The Hall–Kier alpha value is -5.60. The Kier molecular flexibility index (Phi) is 8.34. The van der Waals surface area contributed by atoms with Crippen LogP contribution in [-0.2, 0) is 6.42 Å². The molecule has 0 aliphatic carbocycles. The van der Waals surface area contributed by atoms with Gasteiger partial charge in [0, 0.05) is 22.3 Å². The Bertz CT molecular complexity index is 2130. The van der Waals surface area contributed by atoms with Crippen LogP contribution in [0, 0.1) is 0 Å². The Morgan fingerprint density at radius 2 is 1.30 bits per heavy atom. The normalized spacial score (nSPS) is 11.4. The van der Waals surface area contributed by atoms with Gasteiger partial charge < -0.3 is 9.32 Å². The Balaban J connectivity index is 1.39. The van der Waals surface area contributed by atoms with Gasteiger partial charge in [-0.05, 0) is 88.3 Å². The summed E-state index contributed by atoms with van der Waals surface area (Å²) in [7, 11) is 0. The summed E-state index contributed by atoms with van der Waals surface area (Å²) in [4.78, 5) is 2.37. The lowest BCUT2D eigenvalue weighted by molar-refractivity contribution is 0.596. The van der Waals surface area contributed by atoms with Crippen LogP contribution >= 0.6 is 0 Å². The molecule has 1 aromatic heterocycles. The van der Waals surface area contributed by atoms with E-state index in [0.29, 0.717) is 0 Å². The Morgan fingerprint density at radius 3 is 2.04 bits per heavy atom. The molecule has 2 heteroatoms. The quantitative estimate of drug-likeness (QED) is 0.146. The number of benzene rings is 6. The molecule has 0 bridgehead atoms. The third kappa shape index (κ3) is 5.66. The maximum absolute atomic E-state index is 6.49. The summed E-state index contributed by atoms with van der Waals surface area (Å²) < 4.78 is 6.49. The lowest BCUT2D eigenvalue weighted by atomic mass is 9.97. The number of fused-ring (bicyclic) bond motifs is 2. The fraction of sp³-hybridized carbons (Fsp3) is 0.0909. The van der Waals surface area contributed by atoms with Crippen molar-refractivity contribution in [2.24, 2.45) is 0 Å². The van der Waals surface area contributed by atoms with Gasteiger partial charge in [-0.3, -0.25) is 0 Å². The molecule has 0 atom stereocenters. The van der Waals surface area contributed by atoms with Crippen molar-refractivity contribution in [3.05, 3.63) is 170 Å². The SMILES string of the molecule is C=C/C=C\c1oc2cccc(N(c3ccc(-c4ccccc4)cc3)c3ccc(-c4cccc5ccccc45)cc3)c2c1CCCC. The van der Waals surface area contributed by atoms with Crippen LogP contribution in [0.25, 0.3) is 50.1 Å².